The average Bonchev–Trinajstić information content (AvgIpc) is 2.28. The van der Waals surface area contributed by atoms with E-state index in [9.17, 15) is 14.4 Å². The summed E-state index contributed by atoms with van der Waals surface area (Å²) in [5, 5.41) is 2.50. The van der Waals surface area contributed by atoms with Crippen molar-refractivity contribution in [3.8, 4) is 0 Å². The van der Waals surface area contributed by atoms with Crippen LogP contribution in [-0.2, 0) is 14.4 Å². The Morgan fingerprint density at radius 3 is 2.06 bits per heavy atom. The van der Waals surface area contributed by atoms with Gasteiger partial charge in [-0.05, 0) is 20.8 Å². The first kappa shape index (κ1) is 16.4. The number of nitrogens with zero attached hydrogens (tertiary/aromatic N) is 2. The lowest BCUT2D eigenvalue weighted by atomic mass is 10.3. The summed E-state index contributed by atoms with van der Waals surface area (Å²) in [5.41, 5.74) is 0. The number of rotatable bonds is 6. The van der Waals surface area contributed by atoms with Crippen molar-refractivity contribution in [1.82, 2.24) is 15.1 Å². The molecule has 0 spiro atoms. The quantitative estimate of drug-likeness (QED) is 0.718. The average molecular weight is 257 g/mol. The van der Waals surface area contributed by atoms with Gasteiger partial charge in [-0.3, -0.25) is 14.4 Å². The van der Waals surface area contributed by atoms with Crippen LogP contribution in [0.15, 0.2) is 0 Å². The summed E-state index contributed by atoms with van der Waals surface area (Å²) in [4.78, 5) is 37.5. The van der Waals surface area contributed by atoms with E-state index >= 15 is 0 Å². The van der Waals surface area contributed by atoms with Gasteiger partial charge in [0.25, 0.3) is 0 Å². The topological polar surface area (TPSA) is 69.7 Å². The van der Waals surface area contributed by atoms with Crippen molar-refractivity contribution in [3.05, 3.63) is 0 Å². The molecular formula is C12H23N3O3. The predicted octanol–water partition coefficient (Wildman–Crippen LogP) is -0.162. The van der Waals surface area contributed by atoms with E-state index in [-0.39, 0.29) is 24.3 Å². The van der Waals surface area contributed by atoms with Gasteiger partial charge >= 0.3 is 0 Å². The second kappa shape index (κ2) is 7.68. The van der Waals surface area contributed by atoms with Crippen molar-refractivity contribution in [2.24, 2.45) is 0 Å². The van der Waals surface area contributed by atoms with Crippen molar-refractivity contribution < 1.29 is 14.4 Å². The summed E-state index contributed by atoms with van der Waals surface area (Å²) < 4.78 is 0. The molecule has 0 heterocycles. The minimum Gasteiger partial charge on any atom is -0.345 e. The molecule has 104 valence electrons. The van der Waals surface area contributed by atoms with Crippen LogP contribution in [0.1, 0.15) is 27.7 Å². The lowest BCUT2D eigenvalue weighted by Crippen LogP contribution is -2.48. The van der Waals surface area contributed by atoms with Crippen LogP contribution >= 0.6 is 0 Å². The Hall–Kier alpha value is -1.59. The van der Waals surface area contributed by atoms with Gasteiger partial charge in [-0.15, -0.1) is 0 Å². The molecule has 0 fully saturated rings. The number of hydrogen-bond acceptors (Lipinski definition) is 3. The molecule has 1 N–H and O–H groups in total. The fourth-order valence-electron chi connectivity index (χ4n) is 1.65. The zero-order chi connectivity index (χ0) is 14.3. The molecule has 0 aliphatic rings. The van der Waals surface area contributed by atoms with E-state index in [0.717, 1.165) is 0 Å². The van der Waals surface area contributed by atoms with Crippen LogP contribution in [0, 0.1) is 0 Å². The molecule has 0 bridgehead atoms. The van der Waals surface area contributed by atoms with E-state index in [2.05, 4.69) is 5.32 Å². The molecule has 1 unspecified atom stereocenters. The van der Waals surface area contributed by atoms with Crippen LogP contribution < -0.4 is 5.32 Å². The molecule has 6 heteroatoms. The van der Waals surface area contributed by atoms with E-state index in [1.54, 1.807) is 18.9 Å². The summed E-state index contributed by atoms with van der Waals surface area (Å²) in [6.45, 7) is 8.01. The number of carbonyl (C=O) groups excluding carboxylic acids is 3. The molecule has 0 saturated carbocycles. The summed E-state index contributed by atoms with van der Waals surface area (Å²) in [7, 11) is 1.56. The van der Waals surface area contributed by atoms with Crippen molar-refractivity contribution >= 4 is 17.7 Å². The van der Waals surface area contributed by atoms with E-state index in [1.165, 1.54) is 11.8 Å². The molecule has 18 heavy (non-hydrogen) atoms. The summed E-state index contributed by atoms with van der Waals surface area (Å²) in [6.07, 6.45) is 0. The van der Waals surface area contributed by atoms with Gasteiger partial charge < -0.3 is 15.1 Å². The molecule has 0 aliphatic carbocycles. The van der Waals surface area contributed by atoms with Gasteiger partial charge in [0.15, 0.2) is 0 Å². The van der Waals surface area contributed by atoms with Crippen molar-refractivity contribution in [1.29, 1.82) is 0 Å². The number of carbonyl (C=O) groups is 3. The Morgan fingerprint density at radius 1 is 1.17 bits per heavy atom. The third-order valence-corrected chi connectivity index (χ3v) is 2.65. The molecular weight excluding hydrogens is 234 g/mol. The van der Waals surface area contributed by atoms with Gasteiger partial charge in [-0.25, -0.2) is 0 Å². The van der Waals surface area contributed by atoms with E-state index < -0.39 is 6.04 Å². The van der Waals surface area contributed by atoms with E-state index in [0.29, 0.717) is 13.1 Å². The normalized spacial score (nSPS) is 11.6. The van der Waals surface area contributed by atoms with E-state index in [4.69, 9.17) is 0 Å². The Labute approximate surface area is 108 Å². The first-order chi connectivity index (χ1) is 8.33. The zero-order valence-electron chi connectivity index (χ0n) is 11.8. The highest BCUT2D eigenvalue weighted by Gasteiger charge is 2.21. The molecule has 3 amide bonds. The number of amides is 3. The Morgan fingerprint density at radius 2 is 1.67 bits per heavy atom. The highest BCUT2D eigenvalue weighted by atomic mass is 16.2. The largest absolute Gasteiger partial charge is 0.345 e. The Balaban J connectivity index is 4.39. The number of likely N-dealkylation sites (N-methyl/N-ethyl adjacent to an activating group) is 2. The van der Waals surface area contributed by atoms with Gasteiger partial charge in [0, 0.05) is 27.1 Å². The van der Waals surface area contributed by atoms with Crippen LogP contribution in [-0.4, -0.2) is 60.2 Å². The monoisotopic (exact) mass is 257 g/mol. The zero-order valence-corrected chi connectivity index (χ0v) is 11.8. The maximum Gasteiger partial charge on any atom is 0.245 e. The second-order valence-electron chi connectivity index (χ2n) is 4.18. The van der Waals surface area contributed by atoms with Gasteiger partial charge in [0.05, 0.1) is 6.54 Å². The first-order valence-corrected chi connectivity index (χ1v) is 6.13. The summed E-state index contributed by atoms with van der Waals surface area (Å²) in [5.74, 6) is -0.629. The fraction of sp³-hybridized carbons (Fsp3) is 0.750. The lowest BCUT2D eigenvalue weighted by molar-refractivity contribution is -0.140. The molecule has 6 nitrogen and oxygen atoms in total. The third-order valence-electron chi connectivity index (χ3n) is 2.65. The lowest BCUT2D eigenvalue weighted by Gasteiger charge is -2.25. The number of nitrogens with one attached hydrogen (secondary N) is 1. The van der Waals surface area contributed by atoms with Gasteiger partial charge in [0.1, 0.15) is 6.04 Å². The molecule has 1 atom stereocenters. The maximum absolute atomic E-state index is 11.9. The van der Waals surface area contributed by atoms with Crippen LogP contribution in [0.4, 0.5) is 0 Å². The molecule has 0 aromatic rings. The smallest absolute Gasteiger partial charge is 0.245 e. The van der Waals surface area contributed by atoms with Crippen LogP contribution in [0.3, 0.4) is 0 Å². The third kappa shape index (κ3) is 5.16. The SMILES string of the molecule is CCN(CC)C(=O)CN(C)C(=O)C(C)NC(C)=O. The first-order valence-electron chi connectivity index (χ1n) is 6.13. The maximum atomic E-state index is 11.9. The summed E-state index contributed by atoms with van der Waals surface area (Å²) in [6, 6.07) is -0.614. The summed E-state index contributed by atoms with van der Waals surface area (Å²) >= 11 is 0. The highest BCUT2D eigenvalue weighted by Crippen LogP contribution is 1.96. The molecule has 0 aliphatic heterocycles. The molecule has 0 saturated heterocycles. The fourth-order valence-corrected chi connectivity index (χ4v) is 1.65. The second-order valence-corrected chi connectivity index (χ2v) is 4.18. The Kier molecular flexibility index (Phi) is 7.00. The van der Waals surface area contributed by atoms with Crippen molar-refractivity contribution in [3.63, 3.8) is 0 Å². The van der Waals surface area contributed by atoms with E-state index in [1.807, 2.05) is 13.8 Å². The van der Waals surface area contributed by atoms with Gasteiger partial charge in [0.2, 0.25) is 17.7 Å². The van der Waals surface area contributed by atoms with Crippen LogP contribution in [0.2, 0.25) is 0 Å². The van der Waals surface area contributed by atoms with Crippen molar-refractivity contribution in [2.45, 2.75) is 33.7 Å². The Bertz CT molecular complexity index is 314. The molecule has 0 rings (SSSR count). The standard InChI is InChI=1S/C12H23N3O3/c1-6-15(7-2)11(17)8-14(5)12(18)9(3)13-10(4)16/h9H,6-8H2,1-5H3,(H,13,16). The van der Waals surface area contributed by atoms with Gasteiger partial charge in [-0.1, -0.05) is 0 Å². The predicted molar refractivity (Wildman–Crippen MR) is 68.8 cm³/mol. The molecule has 0 aromatic carbocycles. The highest BCUT2D eigenvalue weighted by molar-refractivity contribution is 5.89. The van der Waals surface area contributed by atoms with Crippen LogP contribution in [0.25, 0.3) is 0 Å². The van der Waals surface area contributed by atoms with Crippen molar-refractivity contribution in [2.75, 3.05) is 26.7 Å². The minimum atomic E-state index is -0.614. The minimum absolute atomic E-state index is 0.0322. The molecule has 0 radical (unpaired) electrons. The van der Waals surface area contributed by atoms with Crippen LogP contribution in [0.5, 0.6) is 0 Å². The number of hydrogen-bond donors (Lipinski definition) is 1. The van der Waals surface area contributed by atoms with Gasteiger partial charge in [-0.2, -0.15) is 0 Å². The molecule has 0 aromatic heterocycles.